The van der Waals surface area contributed by atoms with Crippen molar-refractivity contribution >= 4 is 17.2 Å². The van der Waals surface area contributed by atoms with Crippen molar-refractivity contribution < 1.29 is 9.18 Å². The van der Waals surface area contributed by atoms with Crippen molar-refractivity contribution in [1.82, 2.24) is 14.9 Å². The van der Waals surface area contributed by atoms with Crippen LogP contribution in [0.3, 0.4) is 0 Å². The SMILES string of the molecule is CC(C)c1nc(-n2cccc2)sc1C(=O)N[C@@H](C)c1ccc(F)cc1. The largest absolute Gasteiger partial charge is 0.345 e. The number of thiazole rings is 1. The standard InChI is InChI=1S/C19H20FN3OS/c1-12(2)16-17(25-19(22-16)23-10-4-5-11-23)18(24)21-13(3)14-6-8-15(20)9-7-14/h4-13H,1-3H3,(H,21,24)/t13-/m0/s1. The lowest BCUT2D eigenvalue weighted by atomic mass is 10.1. The fourth-order valence-electron chi connectivity index (χ4n) is 2.54. The van der Waals surface area contributed by atoms with E-state index in [4.69, 9.17) is 0 Å². The van der Waals surface area contributed by atoms with E-state index in [-0.39, 0.29) is 23.7 Å². The number of nitrogens with one attached hydrogen (secondary N) is 1. The number of hydrogen-bond donors (Lipinski definition) is 1. The molecule has 2 heterocycles. The Balaban J connectivity index is 1.84. The van der Waals surface area contributed by atoms with E-state index in [1.807, 2.05) is 49.9 Å². The number of halogens is 1. The summed E-state index contributed by atoms with van der Waals surface area (Å²) in [6.07, 6.45) is 3.82. The van der Waals surface area contributed by atoms with Crippen molar-refractivity contribution in [3.8, 4) is 5.13 Å². The highest BCUT2D eigenvalue weighted by Crippen LogP contribution is 2.28. The quantitative estimate of drug-likeness (QED) is 0.720. The van der Waals surface area contributed by atoms with E-state index in [9.17, 15) is 9.18 Å². The molecule has 0 radical (unpaired) electrons. The zero-order valence-corrected chi connectivity index (χ0v) is 15.2. The highest BCUT2D eigenvalue weighted by Gasteiger charge is 2.22. The van der Waals surface area contributed by atoms with Crippen molar-refractivity contribution in [3.63, 3.8) is 0 Å². The summed E-state index contributed by atoms with van der Waals surface area (Å²) in [5.74, 6) is -0.304. The third-order valence-electron chi connectivity index (χ3n) is 3.94. The molecule has 0 unspecified atom stereocenters. The van der Waals surface area contributed by atoms with E-state index in [1.165, 1.54) is 23.5 Å². The van der Waals surface area contributed by atoms with Gasteiger partial charge >= 0.3 is 0 Å². The minimum atomic E-state index is -0.289. The fraction of sp³-hybridized carbons (Fsp3) is 0.263. The van der Waals surface area contributed by atoms with Crippen LogP contribution in [0.4, 0.5) is 4.39 Å². The number of benzene rings is 1. The monoisotopic (exact) mass is 357 g/mol. The Kier molecular flexibility index (Phi) is 4.99. The summed E-state index contributed by atoms with van der Waals surface area (Å²) in [5, 5.41) is 3.76. The van der Waals surface area contributed by atoms with E-state index in [0.29, 0.717) is 4.88 Å². The fourth-order valence-corrected chi connectivity index (χ4v) is 3.63. The van der Waals surface area contributed by atoms with Crippen LogP contribution in [-0.2, 0) is 0 Å². The van der Waals surface area contributed by atoms with Gasteiger partial charge in [0, 0.05) is 12.4 Å². The second-order valence-electron chi connectivity index (χ2n) is 6.20. The van der Waals surface area contributed by atoms with Gasteiger partial charge in [0.15, 0.2) is 5.13 Å². The van der Waals surface area contributed by atoms with Crippen molar-refractivity contribution in [3.05, 3.63) is 70.7 Å². The number of amides is 1. The molecule has 0 saturated heterocycles. The van der Waals surface area contributed by atoms with Crippen LogP contribution in [0.25, 0.3) is 5.13 Å². The lowest BCUT2D eigenvalue weighted by molar-refractivity contribution is 0.0942. The molecule has 3 aromatic rings. The van der Waals surface area contributed by atoms with E-state index in [1.54, 1.807) is 12.1 Å². The smallest absolute Gasteiger partial charge is 0.263 e. The van der Waals surface area contributed by atoms with E-state index >= 15 is 0 Å². The highest BCUT2D eigenvalue weighted by atomic mass is 32.1. The third-order valence-corrected chi connectivity index (χ3v) is 5.02. The van der Waals surface area contributed by atoms with Gasteiger partial charge in [-0.25, -0.2) is 9.37 Å². The molecule has 1 amide bonds. The first kappa shape index (κ1) is 17.4. The Morgan fingerprint density at radius 2 is 1.80 bits per heavy atom. The Hall–Kier alpha value is -2.47. The van der Waals surface area contributed by atoms with Crippen LogP contribution in [0, 0.1) is 5.82 Å². The lowest BCUT2D eigenvalue weighted by Crippen LogP contribution is -2.26. The summed E-state index contributed by atoms with van der Waals surface area (Å²) >= 11 is 1.37. The summed E-state index contributed by atoms with van der Waals surface area (Å²) in [7, 11) is 0. The van der Waals surface area contributed by atoms with Gasteiger partial charge in [-0.1, -0.05) is 37.3 Å². The molecule has 4 nitrogen and oxygen atoms in total. The van der Waals surface area contributed by atoms with Crippen LogP contribution >= 0.6 is 11.3 Å². The molecule has 0 bridgehead atoms. The Morgan fingerprint density at radius 1 is 1.16 bits per heavy atom. The summed E-state index contributed by atoms with van der Waals surface area (Å²) in [6, 6.07) is 9.79. The number of aromatic nitrogens is 2. The summed E-state index contributed by atoms with van der Waals surface area (Å²) in [4.78, 5) is 18.0. The predicted molar refractivity (Wildman–Crippen MR) is 97.8 cm³/mol. The first-order chi connectivity index (χ1) is 12.0. The van der Waals surface area contributed by atoms with Crippen molar-refractivity contribution in [2.75, 3.05) is 0 Å². The molecule has 0 aliphatic carbocycles. The van der Waals surface area contributed by atoms with Gasteiger partial charge in [-0.3, -0.25) is 4.79 Å². The summed E-state index contributed by atoms with van der Waals surface area (Å²) in [6.45, 7) is 5.93. The topological polar surface area (TPSA) is 46.9 Å². The second kappa shape index (κ2) is 7.19. The summed E-state index contributed by atoms with van der Waals surface area (Å²) < 4.78 is 15.0. The molecule has 25 heavy (non-hydrogen) atoms. The number of carbonyl (C=O) groups is 1. The van der Waals surface area contributed by atoms with Crippen LogP contribution in [0.15, 0.2) is 48.8 Å². The maximum atomic E-state index is 13.1. The van der Waals surface area contributed by atoms with Crippen LogP contribution in [0.5, 0.6) is 0 Å². The molecule has 2 aromatic heterocycles. The van der Waals surface area contributed by atoms with Crippen LogP contribution < -0.4 is 5.32 Å². The minimum absolute atomic E-state index is 0.141. The van der Waals surface area contributed by atoms with Gasteiger partial charge in [0.2, 0.25) is 0 Å². The maximum absolute atomic E-state index is 13.1. The zero-order chi connectivity index (χ0) is 18.0. The summed E-state index contributed by atoms with van der Waals surface area (Å²) in [5.41, 5.74) is 1.65. The van der Waals surface area contributed by atoms with Gasteiger partial charge in [-0.05, 0) is 42.7 Å². The average molecular weight is 357 g/mol. The van der Waals surface area contributed by atoms with Gasteiger partial charge in [0.1, 0.15) is 10.7 Å². The molecule has 3 rings (SSSR count). The number of nitrogens with zero attached hydrogens (tertiary/aromatic N) is 2. The number of hydrogen-bond acceptors (Lipinski definition) is 3. The van der Waals surface area contributed by atoms with Gasteiger partial charge in [0.25, 0.3) is 5.91 Å². The molecule has 0 spiro atoms. The van der Waals surface area contributed by atoms with Crippen LogP contribution in [-0.4, -0.2) is 15.5 Å². The van der Waals surface area contributed by atoms with Gasteiger partial charge in [-0.15, -0.1) is 0 Å². The molecule has 1 N–H and O–H groups in total. The van der Waals surface area contributed by atoms with E-state index < -0.39 is 0 Å². The molecule has 0 fully saturated rings. The molecule has 0 saturated carbocycles. The molecule has 130 valence electrons. The maximum Gasteiger partial charge on any atom is 0.263 e. The molecule has 6 heteroatoms. The lowest BCUT2D eigenvalue weighted by Gasteiger charge is -2.14. The molecule has 1 atom stereocenters. The van der Waals surface area contributed by atoms with Gasteiger partial charge in [0.05, 0.1) is 11.7 Å². The van der Waals surface area contributed by atoms with Crippen molar-refractivity contribution in [2.45, 2.75) is 32.7 Å². The zero-order valence-electron chi connectivity index (χ0n) is 14.4. The van der Waals surface area contributed by atoms with Crippen molar-refractivity contribution in [1.29, 1.82) is 0 Å². The van der Waals surface area contributed by atoms with Gasteiger partial charge < -0.3 is 9.88 Å². The highest BCUT2D eigenvalue weighted by molar-refractivity contribution is 7.16. The third kappa shape index (κ3) is 3.79. The Morgan fingerprint density at radius 3 is 2.40 bits per heavy atom. The molecular formula is C19H20FN3OS. The molecule has 1 aromatic carbocycles. The molecular weight excluding hydrogens is 337 g/mol. The Bertz CT molecular complexity index is 853. The average Bonchev–Trinajstić information content (AvgIpc) is 3.24. The van der Waals surface area contributed by atoms with Crippen LogP contribution in [0.2, 0.25) is 0 Å². The first-order valence-corrected chi connectivity index (χ1v) is 8.97. The first-order valence-electron chi connectivity index (χ1n) is 8.16. The molecule has 0 aliphatic rings. The van der Waals surface area contributed by atoms with E-state index in [0.717, 1.165) is 16.4 Å². The predicted octanol–water partition coefficient (Wildman–Crippen LogP) is 4.69. The normalized spacial score (nSPS) is 12.4. The van der Waals surface area contributed by atoms with Crippen molar-refractivity contribution in [2.24, 2.45) is 0 Å². The number of rotatable bonds is 5. The van der Waals surface area contributed by atoms with Crippen LogP contribution in [0.1, 0.15) is 53.7 Å². The minimum Gasteiger partial charge on any atom is -0.345 e. The Labute approximate surface area is 150 Å². The second-order valence-corrected chi connectivity index (χ2v) is 7.18. The molecule has 0 aliphatic heterocycles. The van der Waals surface area contributed by atoms with Gasteiger partial charge in [-0.2, -0.15) is 0 Å². The number of carbonyl (C=O) groups excluding carboxylic acids is 1. The van der Waals surface area contributed by atoms with E-state index in [2.05, 4.69) is 10.3 Å².